The summed E-state index contributed by atoms with van der Waals surface area (Å²) in [6.45, 7) is 3.34. The minimum Gasteiger partial charge on any atom is -0.338 e. The molecule has 0 unspecified atom stereocenters. The Morgan fingerprint density at radius 2 is 1.67 bits per heavy atom. The van der Waals surface area contributed by atoms with Crippen molar-refractivity contribution in [1.29, 1.82) is 0 Å². The third-order valence-electron chi connectivity index (χ3n) is 6.40. The van der Waals surface area contributed by atoms with Gasteiger partial charge in [0.15, 0.2) is 0 Å². The van der Waals surface area contributed by atoms with Crippen LogP contribution in [-0.2, 0) is 15.4 Å². The van der Waals surface area contributed by atoms with Crippen molar-refractivity contribution >= 4 is 10.0 Å². The van der Waals surface area contributed by atoms with E-state index in [0.29, 0.717) is 35.6 Å². The van der Waals surface area contributed by atoms with E-state index in [9.17, 15) is 8.42 Å². The summed E-state index contributed by atoms with van der Waals surface area (Å²) in [6.07, 6.45) is 3.80. The topological polar surface area (TPSA) is 76.3 Å². The lowest BCUT2D eigenvalue weighted by atomic mass is 9.96. The van der Waals surface area contributed by atoms with E-state index in [0.717, 1.165) is 31.2 Å². The van der Waals surface area contributed by atoms with Gasteiger partial charge in [0.1, 0.15) is 0 Å². The van der Waals surface area contributed by atoms with E-state index >= 15 is 0 Å². The Balaban J connectivity index is 1.37. The molecule has 0 radical (unpaired) electrons. The summed E-state index contributed by atoms with van der Waals surface area (Å²) >= 11 is 0. The van der Waals surface area contributed by atoms with Crippen LogP contribution in [0.5, 0.6) is 0 Å². The van der Waals surface area contributed by atoms with Crippen molar-refractivity contribution in [1.82, 2.24) is 14.4 Å². The molecule has 0 spiro atoms. The van der Waals surface area contributed by atoms with Gasteiger partial charge in [-0.1, -0.05) is 42.4 Å². The molecule has 1 aromatic heterocycles. The van der Waals surface area contributed by atoms with Crippen LogP contribution in [0, 0.1) is 5.92 Å². The second kappa shape index (κ2) is 7.32. The summed E-state index contributed by atoms with van der Waals surface area (Å²) in [6, 6.07) is 17.0. The molecule has 2 aliphatic rings. The lowest BCUT2D eigenvalue weighted by Crippen LogP contribution is -2.37. The third-order valence-corrected chi connectivity index (χ3v) is 8.32. The molecule has 1 aliphatic carbocycles. The Morgan fingerprint density at radius 3 is 2.30 bits per heavy atom. The Hall–Kier alpha value is -2.51. The highest BCUT2D eigenvalue weighted by atomic mass is 32.2. The Morgan fingerprint density at radius 1 is 1.00 bits per heavy atom. The molecule has 1 saturated carbocycles. The number of piperidine rings is 1. The molecule has 1 saturated heterocycles. The molecule has 0 bridgehead atoms. The van der Waals surface area contributed by atoms with E-state index in [-0.39, 0.29) is 5.41 Å². The van der Waals surface area contributed by atoms with Gasteiger partial charge in [0, 0.05) is 18.7 Å². The summed E-state index contributed by atoms with van der Waals surface area (Å²) in [5.41, 5.74) is 1.76. The zero-order valence-electron chi connectivity index (χ0n) is 17.0. The van der Waals surface area contributed by atoms with Crippen molar-refractivity contribution in [3.63, 3.8) is 0 Å². The van der Waals surface area contributed by atoms with Crippen LogP contribution in [-0.4, -0.2) is 36.0 Å². The van der Waals surface area contributed by atoms with Gasteiger partial charge in [-0.25, -0.2) is 8.42 Å². The first-order valence-corrected chi connectivity index (χ1v) is 11.9. The summed E-state index contributed by atoms with van der Waals surface area (Å²) in [5, 5.41) is 4.16. The SMILES string of the molecule is CC1CCN(S(=O)(=O)c2ccc(-c3noc(C4(c5ccccc5)CC4)n3)cc2)CC1. The van der Waals surface area contributed by atoms with Gasteiger partial charge in [-0.15, -0.1) is 0 Å². The zero-order valence-corrected chi connectivity index (χ0v) is 17.8. The van der Waals surface area contributed by atoms with Crippen molar-refractivity contribution in [2.45, 2.75) is 42.9 Å². The lowest BCUT2D eigenvalue weighted by Gasteiger charge is -2.29. The number of aromatic nitrogens is 2. The average molecular weight is 424 g/mol. The van der Waals surface area contributed by atoms with Crippen molar-refractivity contribution in [2.75, 3.05) is 13.1 Å². The summed E-state index contributed by atoms with van der Waals surface area (Å²) in [4.78, 5) is 4.96. The minimum absolute atomic E-state index is 0.179. The second-order valence-electron chi connectivity index (χ2n) is 8.48. The van der Waals surface area contributed by atoms with E-state index < -0.39 is 10.0 Å². The summed E-state index contributed by atoms with van der Waals surface area (Å²) in [5.74, 6) is 1.70. The lowest BCUT2D eigenvalue weighted by molar-refractivity contribution is 0.288. The molecule has 156 valence electrons. The van der Waals surface area contributed by atoms with Crippen molar-refractivity contribution in [3.8, 4) is 11.4 Å². The first-order chi connectivity index (χ1) is 14.5. The largest absolute Gasteiger partial charge is 0.338 e. The number of hydrogen-bond acceptors (Lipinski definition) is 5. The smallest absolute Gasteiger partial charge is 0.243 e. The Labute approximate surface area is 177 Å². The fourth-order valence-corrected chi connectivity index (χ4v) is 5.66. The van der Waals surface area contributed by atoms with Crippen molar-refractivity contribution < 1.29 is 12.9 Å². The van der Waals surface area contributed by atoms with Gasteiger partial charge >= 0.3 is 0 Å². The highest BCUT2D eigenvalue weighted by Crippen LogP contribution is 2.52. The van der Waals surface area contributed by atoms with Crippen molar-refractivity contribution in [3.05, 3.63) is 66.1 Å². The predicted octanol–water partition coefficient (Wildman–Crippen LogP) is 4.24. The second-order valence-corrected chi connectivity index (χ2v) is 10.4. The van der Waals surface area contributed by atoms with Crippen LogP contribution < -0.4 is 0 Å². The number of benzene rings is 2. The maximum Gasteiger partial charge on any atom is 0.243 e. The standard InChI is InChI=1S/C23H25N3O3S/c1-17-11-15-26(16-12-17)30(27,28)20-9-7-18(8-10-20)21-24-22(29-25-21)23(13-14-23)19-5-3-2-4-6-19/h2-10,17H,11-16H2,1H3. The normalized spacial score (nSPS) is 19.6. The van der Waals surface area contributed by atoms with Crippen molar-refractivity contribution in [2.24, 2.45) is 5.92 Å². The van der Waals surface area contributed by atoms with Crippen LogP contribution in [0.4, 0.5) is 0 Å². The number of rotatable bonds is 5. The minimum atomic E-state index is -3.46. The van der Waals surface area contributed by atoms with Crippen LogP contribution >= 0.6 is 0 Å². The summed E-state index contributed by atoms with van der Waals surface area (Å²) in [7, 11) is -3.46. The van der Waals surface area contributed by atoms with Gasteiger partial charge < -0.3 is 4.52 Å². The van der Waals surface area contributed by atoms with Crippen LogP contribution in [0.1, 0.15) is 44.1 Å². The molecule has 1 aliphatic heterocycles. The van der Waals surface area contributed by atoms with Gasteiger partial charge in [0.05, 0.1) is 10.3 Å². The van der Waals surface area contributed by atoms with E-state index in [4.69, 9.17) is 4.52 Å². The fraction of sp³-hybridized carbons (Fsp3) is 0.391. The molecule has 0 N–H and O–H groups in total. The zero-order chi connectivity index (χ0) is 20.8. The molecule has 30 heavy (non-hydrogen) atoms. The van der Waals surface area contributed by atoms with E-state index in [1.54, 1.807) is 28.6 Å². The first kappa shape index (κ1) is 19.5. The van der Waals surface area contributed by atoms with Gasteiger partial charge in [0.25, 0.3) is 0 Å². The fourth-order valence-electron chi connectivity index (χ4n) is 4.19. The Kier molecular flexibility index (Phi) is 4.75. The molecule has 0 atom stereocenters. The van der Waals surface area contributed by atoms with E-state index in [1.165, 1.54) is 5.56 Å². The molecule has 2 aromatic carbocycles. The molecule has 2 heterocycles. The van der Waals surface area contributed by atoms with Crippen LogP contribution in [0.3, 0.4) is 0 Å². The first-order valence-electron chi connectivity index (χ1n) is 10.5. The molecular formula is C23H25N3O3S. The monoisotopic (exact) mass is 423 g/mol. The molecule has 6 nitrogen and oxygen atoms in total. The van der Waals surface area contributed by atoms with Gasteiger partial charge in [-0.3, -0.25) is 0 Å². The number of sulfonamides is 1. The van der Waals surface area contributed by atoms with Crippen LogP contribution in [0.2, 0.25) is 0 Å². The molecule has 0 amide bonds. The molecule has 5 rings (SSSR count). The number of nitrogens with zero attached hydrogens (tertiary/aromatic N) is 3. The van der Waals surface area contributed by atoms with Gasteiger partial charge in [-0.05, 0) is 61.4 Å². The van der Waals surface area contributed by atoms with E-state index in [1.807, 2.05) is 18.2 Å². The number of hydrogen-bond donors (Lipinski definition) is 0. The van der Waals surface area contributed by atoms with Gasteiger partial charge in [0.2, 0.25) is 21.7 Å². The highest BCUT2D eigenvalue weighted by Gasteiger charge is 2.50. The molecular weight excluding hydrogens is 398 g/mol. The average Bonchev–Trinajstić information content (AvgIpc) is 3.44. The predicted molar refractivity (Wildman–Crippen MR) is 113 cm³/mol. The molecule has 7 heteroatoms. The maximum absolute atomic E-state index is 12.9. The van der Waals surface area contributed by atoms with E-state index in [2.05, 4.69) is 29.2 Å². The summed E-state index contributed by atoms with van der Waals surface area (Å²) < 4.78 is 33.0. The van der Waals surface area contributed by atoms with Gasteiger partial charge in [-0.2, -0.15) is 9.29 Å². The molecule has 3 aromatic rings. The maximum atomic E-state index is 12.9. The highest BCUT2D eigenvalue weighted by molar-refractivity contribution is 7.89. The van der Waals surface area contributed by atoms with Crippen LogP contribution in [0.15, 0.2) is 64.0 Å². The Bertz CT molecular complexity index is 1130. The molecule has 2 fully saturated rings. The van der Waals surface area contributed by atoms with Crippen LogP contribution in [0.25, 0.3) is 11.4 Å². The third kappa shape index (κ3) is 3.36. The quantitative estimate of drug-likeness (QED) is 0.614.